The number of carbonyl (C=O) groups excluding carboxylic acids is 1. The molecule has 0 unspecified atom stereocenters. The molecule has 4 heteroatoms. The lowest BCUT2D eigenvalue weighted by Crippen LogP contribution is -2.31. The van der Waals surface area contributed by atoms with E-state index >= 15 is 0 Å². The second-order valence-corrected chi connectivity index (χ2v) is 4.23. The molecule has 0 aliphatic carbocycles. The van der Waals surface area contributed by atoms with Gasteiger partial charge in [-0.15, -0.1) is 6.42 Å². The number of pyridine rings is 1. The molecule has 4 nitrogen and oxygen atoms in total. The Hall–Kier alpha value is -2.02. The number of nitrogens with zero attached hydrogens (tertiary/aromatic N) is 2. The Morgan fingerprint density at radius 3 is 2.83 bits per heavy atom. The molecule has 1 N–H and O–H groups in total. The van der Waals surface area contributed by atoms with Gasteiger partial charge in [-0.25, -0.2) is 4.98 Å². The smallest absolute Gasteiger partial charge is 0.273 e. The second-order valence-electron chi connectivity index (χ2n) is 4.23. The van der Waals surface area contributed by atoms with Gasteiger partial charge < -0.3 is 10.2 Å². The molecule has 1 aromatic rings. The lowest BCUT2D eigenvalue weighted by molar-refractivity contribution is 0.0779. The van der Waals surface area contributed by atoms with Crippen molar-refractivity contribution in [2.24, 2.45) is 0 Å². The van der Waals surface area contributed by atoms with Gasteiger partial charge in [-0.1, -0.05) is 12.0 Å². The van der Waals surface area contributed by atoms with Gasteiger partial charge in [-0.2, -0.15) is 0 Å². The van der Waals surface area contributed by atoms with Gasteiger partial charge in [-0.3, -0.25) is 4.79 Å². The summed E-state index contributed by atoms with van der Waals surface area (Å²) < 4.78 is 0. The number of anilines is 1. The monoisotopic (exact) mass is 245 g/mol. The summed E-state index contributed by atoms with van der Waals surface area (Å²) in [5.74, 6) is 3.04. The summed E-state index contributed by atoms with van der Waals surface area (Å²) in [6, 6.07) is 5.63. The summed E-state index contributed by atoms with van der Waals surface area (Å²) in [7, 11) is 0. The average Bonchev–Trinajstić information content (AvgIpc) is 2.34. The molecule has 0 atom stereocenters. The van der Waals surface area contributed by atoms with Crippen molar-refractivity contribution in [3.05, 3.63) is 23.9 Å². The van der Waals surface area contributed by atoms with Crippen molar-refractivity contribution >= 4 is 11.7 Å². The second kappa shape index (κ2) is 6.65. The van der Waals surface area contributed by atoms with E-state index in [-0.39, 0.29) is 11.9 Å². The maximum atomic E-state index is 12.1. The number of amides is 1. The highest BCUT2D eigenvalue weighted by atomic mass is 16.2. The Morgan fingerprint density at radius 1 is 1.56 bits per heavy atom. The van der Waals surface area contributed by atoms with E-state index in [1.807, 2.05) is 32.9 Å². The first-order valence-corrected chi connectivity index (χ1v) is 6.04. The van der Waals surface area contributed by atoms with Crippen molar-refractivity contribution in [2.45, 2.75) is 26.8 Å². The minimum atomic E-state index is -0.136. The molecule has 0 saturated heterocycles. The Labute approximate surface area is 108 Å². The van der Waals surface area contributed by atoms with Gasteiger partial charge >= 0.3 is 0 Å². The molecule has 0 aromatic carbocycles. The molecular formula is C14H19N3O. The van der Waals surface area contributed by atoms with Crippen LogP contribution in [0, 0.1) is 12.3 Å². The van der Waals surface area contributed by atoms with E-state index in [2.05, 4.69) is 16.2 Å². The minimum absolute atomic E-state index is 0.136. The summed E-state index contributed by atoms with van der Waals surface area (Å²) in [5.41, 5.74) is 0.415. The van der Waals surface area contributed by atoms with Crippen molar-refractivity contribution in [3.8, 4) is 12.3 Å². The van der Waals surface area contributed by atoms with Gasteiger partial charge in [0.05, 0.1) is 6.54 Å². The molecular weight excluding hydrogens is 226 g/mol. The van der Waals surface area contributed by atoms with Crippen LogP contribution in [-0.2, 0) is 0 Å². The van der Waals surface area contributed by atoms with Crippen molar-refractivity contribution in [1.29, 1.82) is 0 Å². The zero-order valence-electron chi connectivity index (χ0n) is 11.1. The largest absolute Gasteiger partial charge is 0.368 e. The van der Waals surface area contributed by atoms with Crippen LogP contribution in [-0.4, -0.2) is 34.9 Å². The minimum Gasteiger partial charge on any atom is -0.368 e. The predicted molar refractivity (Wildman–Crippen MR) is 73.4 cm³/mol. The van der Waals surface area contributed by atoms with Crippen LogP contribution in [0.1, 0.15) is 31.3 Å². The van der Waals surface area contributed by atoms with Gasteiger partial charge in [-0.05, 0) is 32.9 Å². The molecule has 18 heavy (non-hydrogen) atoms. The fraction of sp³-hybridized carbons (Fsp3) is 0.429. The zero-order chi connectivity index (χ0) is 13.5. The van der Waals surface area contributed by atoms with Crippen LogP contribution in [0.15, 0.2) is 18.2 Å². The zero-order valence-corrected chi connectivity index (χ0v) is 11.1. The van der Waals surface area contributed by atoms with Crippen LogP contribution < -0.4 is 5.32 Å². The number of hydrogen-bond donors (Lipinski definition) is 1. The standard InChI is InChI=1S/C14H19N3O/c1-5-10-17(6-2)14(18)12-8-7-9-13(16-12)15-11(3)4/h1,7-9,11H,6,10H2,2-4H3,(H,15,16). The van der Waals surface area contributed by atoms with Gasteiger partial charge in [0.1, 0.15) is 11.5 Å². The fourth-order valence-corrected chi connectivity index (χ4v) is 1.53. The molecule has 0 bridgehead atoms. The third-order valence-electron chi connectivity index (χ3n) is 2.36. The lowest BCUT2D eigenvalue weighted by Gasteiger charge is -2.18. The number of nitrogens with one attached hydrogen (secondary N) is 1. The van der Waals surface area contributed by atoms with Crippen molar-refractivity contribution in [2.75, 3.05) is 18.4 Å². The van der Waals surface area contributed by atoms with E-state index in [9.17, 15) is 4.79 Å². The maximum Gasteiger partial charge on any atom is 0.273 e. The topological polar surface area (TPSA) is 45.2 Å². The molecule has 0 radical (unpaired) electrons. The number of terminal acetylenes is 1. The third kappa shape index (κ3) is 3.77. The Balaban J connectivity index is 2.89. The van der Waals surface area contributed by atoms with Crippen molar-refractivity contribution in [3.63, 3.8) is 0 Å². The molecule has 0 fully saturated rings. The average molecular weight is 245 g/mol. The van der Waals surface area contributed by atoms with Crippen LogP contribution >= 0.6 is 0 Å². The van der Waals surface area contributed by atoms with Crippen LogP contribution in [0.4, 0.5) is 5.82 Å². The summed E-state index contributed by atoms with van der Waals surface area (Å²) in [6.07, 6.45) is 5.24. The highest BCUT2D eigenvalue weighted by Crippen LogP contribution is 2.08. The fourth-order valence-electron chi connectivity index (χ4n) is 1.53. The van der Waals surface area contributed by atoms with Crippen molar-refractivity contribution < 1.29 is 4.79 Å². The van der Waals surface area contributed by atoms with E-state index in [1.54, 1.807) is 11.0 Å². The molecule has 96 valence electrons. The van der Waals surface area contributed by atoms with Crippen LogP contribution in [0.2, 0.25) is 0 Å². The summed E-state index contributed by atoms with van der Waals surface area (Å²) >= 11 is 0. The van der Waals surface area contributed by atoms with E-state index in [0.29, 0.717) is 24.6 Å². The van der Waals surface area contributed by atoms with Crippen LogP contribution in [0.25, 0.3) is 0 Å². The van der Waals surface area contributed by atoms with E-state index in [1.165, 1.54) is 0 Å². The lowest BCUT2D eigenvalue weighted by atomic mass is 10.3. The summed E-state index contributed by atoms with van der Waals surface area (Å²) in [6.45, 7) is 6.82. The number of hydrogen-bond acceptors (Lipinski definition) is 3. The van der Waals surface area contributed by atoms with Gasteiger partial charge in [0.25, 0.3) is 5.91 Å². The number of aromatic nitrogens is 1. The summed E-state index contributed by atoms with van der Waals surface area (Å²) in [4.78, 5) is 18.0. The Kier molecular flexibility index (Phi) is 5.19. The first-order valence-electron chi connectivity index (χ1n) is 6.04. The molecule has 0 aliphatic heterocycles. The van der Waals surface area contributed by atoms with Gasteiger partial charge in [0.15, 0.2) is 0 Å². The molecule has 0 aliphatic rings. The third-order valence-corrected chi connectivity index (χ3v) is 2.36. The van der Waals surface area contributed by atoms with Gasteiger partial charge in [0.2, 0.25) is 0 Å². The van der Waals surface area contributed by atoms with E-state index in [0.717, 1.165) is 0 Å². The molecule has 1 heterocycles. The van der Waals surface area contributed by atoms with Gasteiger partial charge in [0, 0.05) is 12.6 Å². The normalized spacial score (nSPS) is 9.94. The van der Waals surface area contributed by atoms with E-state index in [4.69, 9.17) is 6.42 Å². The molecule has 1 rings (SSSR count). The molecule has 1 amide bonds. The summed E-state index contributed by atoms with van der Waals surface area (Å²) in [5, 5.41) is 3.17. The molecule has 1 aromatic heterocycles. The Morgan fingerprint density at radius 2 is 2.28 bits per heavy atom. The predicted octanol–water partition coefficient (Wildman–Crippen LogP) is 2.00. The molecule has 0 saturated carbocycles. The Bertz CT molecular complexity index is 449. The first-order chi connectivity index (χ1) is 8.58. The number of carbonyl (C=O) groups is 1. The first kappa shape index (κ1) is 14.0. The maximum absolute atomic E-state index is 12.1. The SMILES string of the molecule is C#CCN(CC)C(=O)c1cccc(NC(C)C)n1. The van der Waals surface area contributed by atoms with Crippen LogP contribution in [0.5, 0.6) is 0 Å². The molecule has 0 spiro atoms. The quantitative estimate of drug-likeness (QED) is 0.807. The highest BCUT2D eigenvalue weighted by molar-refractivity contribution is 5.92. The highest BCUT2D eigenvalue weighted by Gasteiger charge is 2.14. The van der Waals surface area contributed by atoms with Crippen LogP contribution in [0.3, 0.4) is 0 Å². The van der Waals surface area contributed by atoms with E-state index < -0.39 is 0 Å². The van der Waals surface area contributed by atoms with Crippen molar-refractivity contribution in [1.82, 2.24) is 9.88 Å². The number of rotatable bonds is 5.